The summed E-state index contributed by atoms with van der Waals surface area (Å²) in [6.07, 6.45) is 5.86. The molecule has 0 atom stereocenters. The predicted molar refractivity (Wildman–Crippen MR) is 75.9 cm³/mol. The minimum Gasteiger partial charge on any atom is -0.344 e. The van der Waals surface area contributed by atoms with Crippen LogP contribution in [0, 0.1) is 12.3 Å². The predicted octanol–water partition coefficient (Wildman–Crippen LogP) is 0.685. The van der Waals surface area contributed by atoms with Gasteiger partial charge in [0.1, 0.15) is 11.4 Å². The molecule has 1 heterocycles. The number of aryl methyl sites for hydroxylation is 1. The van der Waals surface area contributed by atoms with Crippen LogP contribution < -0.4 is 5.32 Å². The minimum absolute atomic E-state index is 0.00826. The standard InChI is InChI=1S/C12H16ClN3O3S/c1-4-7-14-11(17)8-16-10(6-3)12(20(13,18)19)9(5-2)15-16/h1H,5-8H2,2-3H3,(H,14,17). The van der Waals surface area contributed by atoms with Gasteiger partial charge in [-0.2, -0.15) is 5.10 Å². The van der Waals surface area contributed by atoms with Crippen LogP contribution >= 0.6 is 10.7 Å². The molecule has 0 saturated heterocycles. The average Bonchev–Trinajstić information content (AvgIpc) is 2.73. The number of hydrogen-bond acceptors (Lipinski definition) is 4. The van der Waals surface area contributed by atoms with E-state index < -0.39 is 9.05 Å². The molecule has 0 aliphatic carbocycles. The van der Waals surface area contributed by atoms with Crippen molar-refractivity contribution < 1.29 is 13.2 Å². The summed E-state index contributed by atoms with van der Waals surface area (Å²) >= 11 is 0. The van der Waals surface area contributed by atoms with Gasteiger partial charge in [-0.25, -0.2) is 8.42 Å². The molecule has 1 rings (SSSR count). The van der Waals surface area contributed by atoms with E-state index in [2.05, 4.69) is 16.3 Å². The number of amides is 1. The molecule has 110 valence electrons. The van der Waals surface area contributed by atoms with Crippen molar-refractivity contribution in [3.8, 4) is 12.3 Å². The highest BCUT2D eigenvalue weighted by Crippen LogP contribution is 2.25. The van der Waals surface area contributed by atoms with Crippen molar-refractivity contribution in [3.63, 3.8) is 0 Å². The first kappa shape index (κ1) is 16.5. The van der Waals surface area contributed by atoms with Gasteiger partial charge in [0.2, 0.25) is 5.91 Å². The molecule has 1 aromatic rings. The molecule has 1 N–H and O–H groups in total. The van der Waals surface area contributed by atoms with E-state index in [1.54, 1.807) is 13.8 Å². The van der Waals surface area contributed by atoms with Gasteiger partial charge < -0.3 is 5.32 Å². The highest BCUT2D eigenvalue weighted by molar-refractivity contribution is 8.13. The Morgan fingerprint density at radius 1 is 1.45 bits per heavy atom. The first-order valence-corrected chi connectivity index (χ1v) is 8.39. The zero-order valence-electron chi connectivity index (χ0n) is 11.3. The maximum absolute atomic E-state index is 11.6. The summed E-state index contributed by atoms with van der Waals surface area (Å²) in [6.45, 7) is 3.57. The van der Waals surface area contributed by atoms with Crippen LogP contribution in [0.25, 0.3) is 0 Å². The van der Waals surface area contributed by atoms with Crippen molar-refractivity contribution in [2.45, 2.75) is 38.1 Å². The Balaban J connectivity index is 3.19. The Labute approximate surface area is 122 Å². The van der Waals surface area contributed by atoms with Crippen molar-refractivity contribution in [2.24, 2.45) is 0 Å². The van der Waals surface area contributed by atoms with Gasteiger partial charge in [-0.15, -0.1) is 6.42 Å². The largest absolute Gasteiger partial charge is 0.344 e. The zero-order chi connectivity index (χ0) is 15.3. The number of nitrogens with zero attached hydrogens (tertiary/aromatic N) is 2. The summed E-state index contributed by atoms with van der Waals surface area (Å²) in [5.74, 6) is 1.95. The van der Waals surface area contributed by atoms with E-state index >= 15 is 0 Å². The van der Waals surface area contributed by atoms with Crippen molar-refractivity contribution >= 4 is 25.6 Å². The van der Waals surface area contributed by atoms with Crippen LogP contribution in [0.2, 0.25) is 0 Å². The van der Waals surface area contributed by atoms with Crippen LogP contribution in [0.3, 0.4) is 0 Å². The van der Waals surface area contributed by atoms with Crippen LogP contribution in [-0.4, -0.2) is 30.7 Å². The molecule has 0 unspecified atom stereocenters. The first-order chi connectivity index (χ1) is 9.35. The normalized spacial score (nSPS) is 11.1. The fourth-order valence-corrected chi connectivity index (χ4v) is 3.40. The van der Waals surface area contributed by atoms with E-state index in [-0.39, 0.29) is 23.9 Å². The highest BCUT2D eigenvalue weighted by atomic mass is 35.7. The van der Waals surface area contributed by atoms with E-state index in [9.17, 15) is 13.2 Å². The minimum atomic E-state index is -3.90. The topological polar surface area (TPSA) is 81.1 Å². The summed E-state index contributed by atoms with van der Waals surface area (Å²) in [6, 6.07) is 0. The average molecular weight is 318 g/mol. The van der Waals surface area contributed by atoms with E-state index in [0.717, 1.165) is 0 Å². The second-order valence-electron chi connectivity index (χ2n) is 4.01. The molecule has 0 bridgehead atoms. The van der Waals surface area contributed by atoms with Gasteiger partial charge in [0.25, 0.3) is 9.05 Å². The maximum Gasteiger partial charge on any atom is 0.264 e. The lowest BCUT2D eigenvalue weighted by Gasteiger charge is -2.06. The third-order valence-corrected chi connectivity index (χ3v) is 4.09. The monoisotopic (exact) mass is 317 g/mol. The lowest BCUT2D eigenvalue weighted by Crippen LogP contribution is -2.28. The molecule has 6 nitrogen and oxygen atoms in total. The Kier molecular flexibility index (Phi) is 5.60. The van der Waals surface area contributed by atoms with Crippen molar-refractivity contribution in [2.75, 3.05) is 6.54 Å². The van der Waals surface area contributed by atoms with Gasteiger partial charge in [0.05, 0.1) is 17.9 Å². The molecule has 0 aliphatic rings. The van der Waals surface area contributed by atoms with E-state index in [4.69, 9.17) is 17.1 Å². The lowest BCUT2D eigenvalue weighted by molar-refractivity contribution is -0.121. The van der Waals surface area contributed by atoms with Gasteiger partial charge >= 0.3 is 0 Å². The number of hydrogen-bond donors (Lipinski definition) is 1. The van der Waals surface area contributed by atoms with E-state index in [1.807, 2.05) is 0 Å². The van der Waals surface area contributed by atoms with Crippen LogP contribution in [0.4, 0.5) is 0 Å². The third kappa shape index (κ3) is 3.74. The lowest BCUT2D eigenvalue weighted by atomic mass is 10.2. The molecule has 0 radical (unpaired) electrons. The molecule has 1 amide bonds. The fraction of sp³-hybridized carbons (Fsp3) is 0.500. The number of carbonyl (C=O) groups excluding carboxylic acids is 1. The van der Waals surface area contributed by atoms with Gasteiger partial charge in [0, 0.05) is 10.7 Å². The molecule has 0 spiro atoms. The number of nitrogens with one attached hydrogen (secondary N) is 1. The number of carbonyl (C=O) groups is 1. The van der Waals surface area contributed by atoms with Crippen LogP contribution in [0.5, 0.6) is 0 Å². The molecular formula is C12H16ClN3O3S. The Bertz CT molecular complexity index is 644. The molecule has 8 heteroatoms. The van der Waals surface area contributed by atoms with Gasteiger partial charge in [0.15, 0.2) is 0 Å². The molecule has 0 saturated carbocycles. The third-order valence-electron chi connectivity index (χ3n) is 2.67. The van der Waals surface area contributed by atoms with Crippen LogP contribution in [0.1, 0.15) is 25.2 Å². The zero-order valence-corrected chi connectivity index (χ0v) is 12.9. The molecule has 0 aliphatic heterocycles. The smallest absolute Gasteiger partial charge is 0.264 e. The van der Waals surface area contributed by atoms with Crippen LogP contribution in [-0.2, 0) is 33.2 Å². The quantitative estimate of drug-likeness (QED) is 0.618. The van der Waals surface area contributed by atoms with E-state index in [0.29, 0.717) is 24.2 Å². The molecule has 0 aromatic carbocycles. The fourth-order valence-electron chi connectivity index (χ4n) is 1.86. The number of halogens is 1. The Morgan fingerprint density at radius 3 is 2.55 bits per heavy atom. The summed E-state index contributed by atoms with van der Waals surface area (Å²) in [5, 5.41) is 6.65. The number of rotatable bonds is 6. The van der Waals surface area contributed by atoms with Crippen molar-refractivity contribution in [1.29, 1.82) is 0 Å². The van der Waals surface area contributed by atoms with Gasteiger partial charge in [-0.1, -0.05) is 19.8 Å². The molecule has 20 heavy (non-hydrogen) atoms. The summed E-state index contributed by atoms with van der Waals surface area (Å²) in [7, 11) is 1.56. The number of aromatic nitrogens is 2. The molecule has 0 fully saturated rings. The summed E-state index contributed by atoms with van der Waals surface area (Å²) in [4.78, 5) is 11.7. The highest BCUT2D eigenvalue weighted by Gasteiger charge is 2.25. The SMILES string of the molecule is C#CCNC(=O)Cn1nc(CC)c(S(=O)(=O)Cl)c1CC. The van der Waals surface area contributed by atoms with E-state index in [1.165, 1.54) is 4.68 Å². The molecule has 1 aromatic heterocycles. The second kappa shape index (κ2) is 6.77. The van der Waals surface area contributed by atoms with Crippen molar-refractivity contribution in [1.82, 2.24) is 15.1 Å². The van der Waals surface area contributed by atoms with Crippen LogP contribution in [0.15, 0.2) is 4.90 Å². The summed E-state index contributed by atoms with van der Waals surface area (Å²) < 4.78 is 24.7. The Morgan fingerprint density at radius 2 is 2.10 bits per heavy atom. The maximum atomic E-state index is 11.6. The Hall–Kier alpha value is -1.52. The number of terminal acetylenes is 1. The van der Waals surface area contributed by atoms with Gasteiger partial charge in [-0.3, -0.25) is 9.48 Å². The summed E-state index contributed by atoms with van der Waals surface area (Å²) in [5.41, 5.74) is 0.786. The first-order valence-electron chi connectivity index (χ1n) is 6.08. The second-order valence-corrected chi connectivity index (χ2v) is 6.51. The van der Waals surface area contributed by atoms with Gasteiger partial charge in [-0.05, 0) is 12.8 Å². The van der Waals surface area contributed by atoms with Crippen molar-refractivity contribution in [3.05, 3.63) is 11.4 Å². The molecular weight excluding hydrogens is 302 g/mol.